The average Bonchev–Trinajstić information content (AvgIpc) is 3.34. The molecule has 4 fully saturated rings. The summed E-state index contributed by atoms with van der Waals surface area (Å²) >= 11 is 0. The van der Waals surface area contributed by atoms with Crippen molar-refractivity contribution in [1.29, 1.82) is 0 Å². The number of ketones is 2. The molecule has 0 spiro atoms. The van der Waals surface area contributed by atoms with E-state index in [0.29, 0.717) is 37.8 Å². The lowest BCUT2D eigenvalue weighted by Crippen LogP contribution is -2.58. The van der Waals surface area contributed by atoms with Gasteiger partial charge in [0.05, 0.1) is 12.0 Å². The van der Waals surface area contributed by atoms with E-state index in [0.717, 1.165) is 57.8 Å². The zero-order chi connectivity index (χ0) is 34.4. The number of allylic oxidation sites excluding steroid dienone is 1. The van der Waals surface area contributed by atoms with Crippen LogP contribution in [0.15, 0.2) is 42.0 Å². The molecular weight excluding hydrogens is 606 g/mol. The number of hydrogen-bond acceptors (Lipinski definition) is 7. The van der Waals surface area contributed by atoms with Crippen LogP contribution in [0, 0.1) is 28.6 Å². The van der Waals surface area contributed by atoms with E-state index in [9.17, 15) is 24.3 Å². The molecule has 3 saturated carbocycles. The molecule has 8 nitrogen and oxygen atoms in total. The van der Waals surface area contributed by atoms with Gasteiger partial charge < -0.3 is 19.9 Å². The van der Waals surface area contributed by atoms with Gasteiger partial charge in [-0.2, -0.15) is 0 Å². The summed E-state index contributed by atoms with van der Waals surface area (Å²) in [5.74, 6) is 0.0535. The Morgan fingerprint density at radius 2 is 1.69 bits per heavy atom. The molecule has 262 valence electrons. The van der Waals surface area contributed by atoms with Crippen molar-refractivity contribution in [2.45, 2.75) is 128 Å². The zero-order valence-electron chi connectivity index (χ0n) is 29.4. The van der Waals surface area contributed by atoms with Crippen molar-refractivity contribution in [3.05, 3.63) is 47.5 Å². The molecule has 48 heavy (non-hydrogen) atoms. The quantitative estimate of drug-likeness (QED) is 0.288. The summed E-state index contributed by atoms with van der Waals surface area (Å²) in [6, 6.07) is 10.4. The van der Waals surface area contributed by atoms with Crippen molar-refractivity contribution in [2.75, 3.05) is 19.8 Å². The Labute approximate surface area is 285 Å². The lowest BCUT2D eigenvalue weighted by molar-refractivity contribution is -0.170. The Morgan fingerprint density at radius 3 is 2.44 bits per heavy atom. The monoisotopic (exact) mass is 661 g/mol. The third-order valence-electron chi connectivity index (χ3n) is 13.6. The van der Waals surface area contributed by atoms with Gasteiger partial charge in [0.1, 0.15) is 5.60 Å². The first kappa shape index (κ1) is 35.0. The van der Waals surface area contributed by atoms with E-state index in [4.69, 9.17) is 9.47 Å². The number of nitrogens with one attached hydrogen (secondary N) is 1. The van der Waals surface area contributed by atoms with Crippen LogP contribution in [0.4, 0.5) is 0 Å². The summed E-state index contributed by atoms with van der Waals surface area (Å²) < 4.78 is 11.4. The first-order chi connectivity index (χ1) is 22.7. The van der Waals surface area contributed by atoms with Gasteiger partial charge in [0.15, 0.2) is 12.4 Å². The molecule has 7 atom stereocenters. The van der Waals surface area contributed by atoms with Gasteiger partial charge in [0.2, 0.25) is 11.7 Å². The summed E-state index contributed by atoms with van der Waals surface area (Å²) in [7, 11) is 0. The van der Waals surface area contributed by atoms with Crippen LogP contribution in [-0.4, -0.2) is 59.5 Å². The van der Waals surface area contributed by atoms with Crippen molar-refractivity contribution >= 4 is 23.4 Å². The van der Waals surface area contributed by atoms with Gasteiger partial charge in [0, 0.05) is 36.8 Å². The van der Waals surface area contributed by atoms with Crippen LogP contribution in [0.1, 0.15) is 117 Å². The summed E-state index contributed by atoms with van der Waals surface area (Å²) in [6.45, 7) is 9.28. The van der Waals surface area contributed by atoms with Crippen LogP contribution in [0.25, 0.3) is 0 Å². The molecule has 8 heteroatoms. The molecule has 1 aromatic carbocycles. The van der Waals surface area contributed by atoms with Crippen LogP contribution >= 0.6 is 0 Å². The van der Waals surface area contributed by atoms with Gasteiger partial charge in [-0.25, -0.2) is 0 Å². The second-order valence-corrected chi connectivity index (χ2v) is 16.7. The van der Waals surface area contributed by atoms with Gasteiger partial charge in [-0.3, -0.25) is 19.2 Å². The molecule has 2 N–H and O–H groups in total. The fourth-order valence-electron chi connectivity index (χ4n) is 11.0. The molecule has 6 rings (SSSR count). The second kappa shape index (κ2) is 13.1. The van der Waals surface area contributed by atoms with E-state index in [1.165, 1.54) is 11.1 Å². The van der Waals surface area contributed by atoms with Crippen LogP contribution in [0.5, 0.6) is 0 Å². The maximum Gasteiger partial charge on any atom is 0.306 e. The number of Topliss-reactive ketones (excluding diaryl/α,β-unsaturated/α-hetero) is 1. The third kappa shape index (κ3) is 6.32. The molecular formula is C40H55NO7. The molecule has 5 aliphatic rings. The molecule has 4 aliphatic carbocycles. The number of fused-ring (bicyclic) bond motifs is 5. The minimum atomic E-state index is -1.53. The predicted octanol–water partition coefficient (Wildman–Crippen LogP) is 6.18. The van der Waals surface area contributed by atoms with Crippen LogP contribution < -0.4 is 5.32 Å². The minimum absolute atomic E-state index is 0.0200. The molecule has 1 saturated heterocycles. The van der Waals surface area contributed by atoms with E-state index in [2.05, 4.69) is 45.1 Å². The fourth-order valence-corrected chi connectivity index (χ4v) is 11.0. The Bertz CT molecular complexity index is 1450. The highest BCUT2D eigenvalue weighted by molar-refractivity contribution is 5.92. The maximum absolute atomic E-state index is 13.6. The number of rotatable bonds is 10. The molecule has 1 aromatic rings. The minimum Gasteiger partial charge on any atom is -0.458 e. The molecule has 1 heterocycles. The third-order valence-corrected chi connectivity index (χ3v) is 13.6. The van der Waals surface area contributed by atoms with Gasteiger partial charge >= 0.3 is 5.97 Å². The van der Waals surface area contributed by atoms with Gasteiger partial charge in [-0.15, -0.1) is 0 Å². The number of carbonyl (C=O) groups excluding carboxylic acids is 4. The number of ether oxygens (including phenoxy) is 2. The standard InChI is InChI=1S/C40H55NO7/c1-36(2)26-39(21-23-48-36,27-8-6-5-7-9-27)20-22-41-34(44)12-13-35(45)47-25-33(43)40(46)19-16-32-30-11-10-28-24-29(42)14-17-37(28,3)31(30)15-18-38(32,40)4/h5-9,24,30-32,46H,10-23,25-26H2,1-4H3,(H,41,44)/t30-,31-,32-,37+,38+,39-,40+/m1/s1. The van der Waals surface area contributed by atoms with Gasteiger partial charge in [-0.1, -0.05) is 49.8 Å². The van der Waals surface area contributed by atoms with E-state index in [1.807, 2.05) is 24.3 Å². The van der Waals surface area contributed by atoms with Crippen molar-refractivity contribution in [3.8, 4) is 0 Å². The summed E-state index contributed by atoms with van der Waals surface area (Å²) in [4.78, 5) is 51.1. The van der Waals surface area contributed by atoms with E-state index >= 15 is 0 Å². The Hall–Kier alpha value is -2.84. The van der Waals surface area contributed by atoms with Gasteiger partial charge in [0.25, 0.3) is 0 Å². The number of amides is 1. The lowest BCUT2D eigenvalue weighted by Gasteiger charge is -2.58. The number of carbonyl (C=O) groups is 4. The highest BCUT2D eigenvalue weighted by Gasteiger charge is 2.66. The number of esters is 1. The maximum atomic E-state index is 13.6. The molecule has 1 aliphatic heterocycles. The Morgan fingerprint density at radius 1 is 0.938 bits per heavy atom. The summed E-state index contributed by atoms with van der Waals surface area (Å²) in [5, 5.41) is 14.9. The molecule has 0 radical (unpaired) electrons. The number of benzene rings is 1. The molecule has 0 aromatic heterocycles. The largest absolute Gasteiger partial charge is 0.458 e. The predicted molar refractivity (Wildman–Crippen MR) is 182 cm³/mol. The summed E-state index contributed by atoms with van der Waals surface area (Å²) in [5.41, 5.74) is 0.112. The highest BCUT2D eigenvalue weighted by Crippen LogP contribution is 2.67. The van der Waals surface area contributed by atoms with E-state index in [1.54, 1.807) is 0 Å². The Balaban J connectivity index is 0.981. The highest BCUT2D eigenvalue weighted by atomic mass is 16.5. The van der Waals surface area contributed by atoms with Crippen molar-refractivity contribution < 1.29 is 33.8 Å². The van der Waals surface area contributed by atoms with Gasteiger partial charge in [-0.05, 0) is 113 Å². The first-order valence-electron chi connectivity index (χ1n) is 18.3. The first-order valence-corrected chi connectivity index (χ1v) is 18.3. The van der Waals surface area contributed by atoms with Crippen LogP contribution in [-0.2, 0) is 34.1 Å². The SMILES string of the molecule is CC1(C)C[C@](CCNC(=O)CCC(=O)OCC(=O)[C@@]2(O)CC[C@@H]3[C@@H]4CCC5=CC(=O)CC[C@]5(C)[C@@H]4CC[C@@]32C)(c2ccccc2)CCO1. The normalized spacial score (nSPS) is 37.0. The Kier molecular flexibility index (Phi) is 9.57. The summed E-state index contributed by atoms with van der Waals surface area (Å²) in [6.07, 6.45) is 10.5. The van der Waals surface area contributed by atoms with Crippen LogP contribution in [0.2, 0.25) is 0 Å². The molecule has 1 amide bonds. The number of aliphatic hydroxyl groups is 1. The molecule has 0 unspecified atom stereocenters. The lowest BCUT2D eigenvalue weighted by atomic mass is 9.46. The topological polar surface area (TPSA) is 119 Å². The van der Waals surface area contributed by atoms with Crippen molar-refractivity contribution in [2.24, 2.45) is 28.6 Å². The van der Waals surface area contributed by atoms with Crippen molar-refractivity contribution in [3.63, 3.8) is 0 Å². The van der Waals surface area contributed by atoms with E-state index < -0.39 is 29.4 Å². The van der Waals surface area contributed by atoms with E-state index in [-0.39, 0.29) is 46.9 Å². The smallest absolute Gasteiger partial charge is 0.306 e. The van der Waals surface area contributed by atoms with Crippen molar-refractivity contribution in [1.82, 2.24) is 5.32 Å². The number of hydrogen-bond donors (Lipinski definition) is 2. The molecule has 0 bridgehead atoms. The fraction of sp³-hybridized carbons (Fsp3) is 0.700. The van der Waals surface area contributed by atoms with Crippen LogP contribution in [0.3, 0.4) is 0 Å². The average molecular weight is 662 g/mol. The second-order valence-electron chi connectivity index (χ2n) is 16.7. The zero-order valence-corrected chi connectivity index (χ0v) is 29.4.